The van der Waals surface area contributed by atoms with Crippen LogP contribution in [0.2, 0.25) is 0 Å². The van der Waals surface area contributed by atoms with Gasteiger partial charge in [-0.3, -0.25) is 14.4 Å². The number of aromatic hydroxyl groups is 1. The van der Waals surface area contributed by atoms with Crippen molar-refractivity contribution in [2.24, 2.45) is 0 Å². The first-order valence-electron chi connectivity index (χ1n) is 16.2. The second-order valence-corrected chi connectivity index (χ2v) is 12.3. The van der Waals surface area contributed by atoms with E-state index in [2.05, 4.69) is 10.3 Å². The monoisotopic (exact) mass is 641 g/mol. The minimum absolute atomic E-state index is 0.000920. The number of pyridine rings is 1. The van der Waals surface area contributed by atoms with Crippen LogP contribution in [-0.2, 0) is 21.4 Å². The van der Waals surface area contributed by atoms with E-state index in [9.17, 15) is 29.7 Å². The molecule has 0 saturated carbocycles. The molecule has 0 aliphatic carbocycles. The molecule has 1 unspecified atom stereocenters. The first-order chi connectivity index (χ1) is 22.7. The molecule has 248 valence electrons. The van der Waals surface area contributed by atoms with Gasteiger partial charge in [-0.15, -0.1) is 0 Å². The van der Waals surface area contributed by atoms with Crippen molar-refractivity contribution in [1.29, 1.82) is 0 Å². The highest BCUT2D eigenvalue weighted by Crippen LogP contribution is 2.36. The molecular formula is C37H43N3O7. The fraction of sp³-hybridized carbons (Fsp3) is 0.378. The maximum absolute atomic E-state index is 13.1. The standard InChI is InChI=1S/C37H43N3O7/c1-25-22-26(23-34(44)40-19-16-37(17-20-40,36(45)46)27-8-4-2-5-9-27)10-14-32(25)47-21-7-3-6-18-38-24-31(42)28-11-13-30(41)35-29(28)12-15-33(43)39-35/h2,4-5,8-15,22,31,38,41-42H,3,6-7,16-21,23-24H2,1H3,(H,39,43)(H,45,46). The molecule has 5 rings (SSSR count). The number of unbranched alkanes of at least 4 members (excludes halogenated alkanes) is 2. The molecule has 1 fully saturated rings. The van der Waals surface area contributed by atoms with Gasteiger partial charge < -0.3 is 35.3 Å². The van der Waals surface area contributed by atoms with E-state index in [0.717, 1.165) is 48.2 Å². The third-order valence-electron chi connectivity index (χ3n) is 9.16. The van der Waals surface area contributed by atoms with Crippen molar-refractivity contribution >= 4 is 22.8 Å². The van der Waals surface area contributed by atoms with Gasteiger partial charge in [-0.2, -0.15) is 0 Å². The average molecular weight is 642 g/mol. The Morgan fingerprint density at radius 1 is 1.00 bits per heavy atom. The lowest BCUT2D eigenvalue weighted by atomic mass is 9.73. The van der Waals surface area contributed by atoms with Gasteiger partial charge in [0, 0.05) is 31.1 Å². The first kappa shape index (κ1) is 33.7. The van der Waals surface area contributed by atoms with Crippen molar-refractivity contribution in [1.82, 2.24) is 15.2 Å². The van der Waals surface area contributed by atoms with Gasteiger partial charge in [0.1, 0.15) is 11.5 Å². The van der Waals surface area contributed by atoms with Gasteiger partial charge in [-0.25, -0.2) is 0 Å². The van der Waals surface area contributed by atoms with Crippen LogP contribution in [0.25, 0.3) is 10.9 Å². The van der Waals surface area contributed by atoms with E-state index in [0.29, 0.717) is 55.5 Å². The number of aliphatic hydroxyl groups excluding tert-OH is 1. The number of aliphatic carboxylic acids is 1. The number of carboxylic acids is 1. The van der Waals surface area contributed by atoms with Crippen LogP contribution in [0.3, 0.4) is 0 Å². The summed E-state index contributed by atoms with van der Waals surface area (Å²) in [6.45, 7) is 4.43. The molecule has 10 heteroatoms. The van der Waals surface area contributed by atoms with E-state index in [1.165, 1.54) is 12.1 Å². The summed E-state index contributed by atoms with van der Waals surface area (Å²) in [5.74, 6) is -0.0828. The molecule has 0 bridgehead atoms. The zero-order chi connectivity index (χ0) is 33.4. The van der Waals surface area contributed by atoms with Crippen LogP contribution in [0.5, 0.6) is 11.5 Å². The number of nitrogens with one attached hydrogen (secondary N) is 2. The van der Waals surface area contributed by atoms with E-state index < -0.39 is 17.5 Å². The molecule has 0 spiro atoms. The summed E-state index contributed by atoms with van der Waals surface area (Å²) in [5.41, 5.74) is 2.34. The van der Waals surface area contributed by atoms with E-state index in [4.69, 9.17) is 4.74 Å². The van der Waals surface area contributed by atoms with Crippen molar-refractivity contribution in [2.75, 3.05) is 32.8 Å². The third kappa shape index (κ3) is 8.01. The Labute approximate surface area is 274 Å². The number of benzene rings is 3. The van der Waals surface area contributed by atoms with Crippen LogP contribution >= 0.6 is 0 Å². The fourth-order valence-corrected chi connectivity index (χ4v) is 6.40. The SMILES string of the molecule is Cc1cc(CC(=O)N2CCC(C(=O)O)(c3ccccc3)CC2)ccc1OCCCCCNCC(O)c1ccc(O)c2[nH]c(=O)ccc12. The van der Waals surface area contributed by atoms with Gasteiger partial charge in [0.15, 0.2) is 0 Å². The number of nitrogens with zero attached hydrogens (tertiary/aromatic N) is 1. The van der Waals surface area contributed by atoms with Crippen molar-refractivity contribution < 1.29 is 29.6 Å². The lowest BCUT2D eigenvalue weighted by Crippen LogP contribution is -2.49. The summed E-state index contributed by atoms with van der Waals surface area (Å²) in [5, 5.41) is 34.7. The number of phenols is 1. The Hall–Kier alpha value is -4.67. The third-order valence-corrected chi connectivity index (χ3v) is 9.16. The number of carboxylic acid groups (broad SMARTS) is 1. The highest BCUT2D eigenvalue weighted by molar-refractivity contribution is 5.87. The Bertz CT molecular complexity index is 1750. The topological polar surface area (TPSA) is 152 Å². The molecule has 4 aromatic rings. The van der Waals surface area contributed by atoms with Gasteiger partial charge >= 0.3 is 5.97 Å². The van der Waals surface area contributed by atoms with E-state index in [-0.39, 0.29) is 23.6 Å². The number of rotatable bonds is 14. The van der Waals surface area contributed by atoms with Crippen LogP contribution in [0.4, 0.5) is 0 Å². The predicted molar refractivity (Wildman–Crippen MR) is 180 cm³/mol. The zero-order valence-electron chi connectivity index (χ0n) is 26.7. The second kappa shape index (κ2) is 15.3. The molecule has 1 aliphatic heterocycles. The highest BCUT2D eigenvalue weighted by atomic mass is 16.5. The van der Waals surface area contributed by atoms with Crippen LogP contribution in [0, 0.1) is 6.92 Å². The number of phenolic OH excluding ortho intramolecular Hbond substituents is 1. The minimum Gasteiger partial charge on any atom is -0.506 e. The molecule has 47 heavy (non-hydrogen) atoms. The van der Waals surface area contributed by atoms with Crippen molar-refractivity contribution in [3.63, 3.8) is 0 Å². The Kier molecular flexibility index (Phi) is 11.0. The minimum atomic E-state index is -0.957. The summed E-state index contributed by atoms with van der Waals surface area (Å²) >= 11 is 0. The van der Waals surface area contributed by atoms with Crippen molar-refractivity contribution in [3.8, 4) is 11.5 Å². The van der Waals surface area contributed by atoms with Crippen LogP contribution in [0.15, 0.2) is 77.6 Å². The molecule has 5 N–H and O–H groups in total. The number of hydrogen-bond acceptors (Lipinski definition) is 7. The Morgan fingerprint density at radius 2 is 1.77 bits per heavy atom. The quantitative estimate of drug-likeness (QED) is 0.125. The summed E-state index contributed by atoms with van der Waals surface area (Å²) in [6.07, 6.45) is 2.99. The van der Waals surface area contributed by atoms with Gasteiger partial charge in [0.05, 0.1) is 30.1 Å². The fourth-order valence-electron chi connectivity index (χ4n) is 6.40. The number of carbonyl (C=O) groups excluding carboxylic acids is 1. The van der Waals surface area contributed by atoms with Gasteiger partial charge in [-0.1, -0.05) is 48.5 Å². The Balaban J connectivity index is 1.00. The van der Waals surface area contributed by atoms with Gasteiger partial charge in [0.2, 0.25) is 11.5 Å². The molecule has 1 saturated heterocycles. The number of aryl methyl sites for hydroxylation is 1. The summed E-state index contributed by atoms with van der Waals surface area (Å²) in [4.78, 5) is 41.3. The van der Waals surface area contributed by atoms with Crippen LogP contribution < -0.4 is 15.6 Å². The van der Waals surface area contributed by atoms with Crippen molar-refractivity contribution in [2.45, 2.75) is 57.0 Å². The number of aromatic amines is 1. The zero-order valence-corrected chi connectivity index (χ0v) is 26.7. The van der Waals surface area contributed by atoms with Gasteiger partial charge in [-0.05, 0) is 86.0 Å². The summed E-state index contributed by atoms with van der Waals surface area (Å²) < 4.78 is 6.00. The highest BCUT2D eigenvalue weighted by Gasteiger charge is 2.43. The molecule has 1 amide bonds. The number of aromatic nitrogens is 1. The van der Waals surface area contributed by atoms with E-state index in [1.54, 1.807) is 17.0 Å². The molecule has 0 radical (unpaired) electrons. The predicted octanol–water partition coefficient (Wildman–Crippen LogP) is 4.60. The number of amides is 1. The number of likely N-dealkylation sites (tertiary alicyclic amines) is 1. The Morgan fingerprint density at radius 3 is 2.49 bits per heavy atom. The molecule has 2 heterocycles. The molecular weight excluding hydrogens is 598 g/mol. The van der Waals surface area contributed by atoms with Crippen LogP contribution in [-0.4, -0.2) is 69.9 Å². The summed E-state index contributed by atoms with van der Waals surface area (Å²) in [7, 11) is 0. The molecule has 1 aliphatic rings. The number of carbonyl (C=O) groups is 2. The number of ether oxygens (including phenoxy) is 1. The number of fused-ring (bicyclic) bond motifs is 1. The van der Waals surface area contributed by atoms with Crippen molar-refractivity contribution in [3.05, 3.63) is 105 Å². The molecule has 3 aromatic carbocycles. The molecule has 10 nitrogen and oxygen atoms in total. The van der Waals surface area contributed by atoms with Crippen LogP contribution in [0.1, 0.15) is 60.5 Å². The van der Waals surface area contributed by atoms with E-state index >= 15 is 0 Å². The second-order valence-electron chi connectivity index (χ2n) is 12.3. The number of aliphatic hydroxyl groups is 1. The maximum atomic E-state index is 13.1. The maximum Gasteiger partial charge on any atom is 0.314 e. The average Bonchev–Trinajstić information content (AvgIpc) is 3.07. The normalized spacial score (nSPS) is 15.0. The lowest BCUT2D eigenvalue weighted by molar-refractivity contribution is -0.148. The summed E-state index contributed by atoms with van der Waals surface area (Å²) in [6, 6.07) is 21.2. The first-order valence-corrected chi connectivity index (χ1v) is 16.2. The molecule has 1 aromatic heterocycles. The smallest absolute Gasteiger partial charge is 0.314 e. The molecule has 1 atom stereocenters. The number of hydrogen-bond donors (Lipinski definition) is 5. The number of piperidine rings is 1. The lowest BCUT2D eigenvalue weighted by Gasteiger charge is -2.39. The van der Waals surface area contributed by atoms with E-state index in [1.807, 2.05) is 55.5 Å². The number of H-pyrrole nitrogens is 1. The van der Waals surface area contributed by atoms with Gasteiger partial charge in [0.25, 0.3) is 0 Å². The largest absolute Gasteiger partial charge is 0.506 e.